The van der Waals surface area contributed by atoms with Crippen LogP contribution in [0.5, 0.6) is 11.5 Å². The lowest BCUT2D eigenvalue weighted by atomic mass is 10.2. The minimum absolute atomic E-state index is 0.627. The van der Waals surface area contributed by atoms with E-state index in [4.69, 9.17) is 14.2 Å². The molecule has 2 aromatic rings. The second kappa shape index (κ2) is 6.78. The van der Waals surface area contributed by atoms with Gasteiger partial charge in [-0.1, -0.05) is 49.6 Å². The quantitative estimate of drug-likeness (QED) is 0.738. The van der Waals surface area contributed by atoms with E-state index in [9.17, 15) is 0 Å². The molecule has 20 heavy (non-hydrogen) atoms. The van der Waals surface area contributed by atoms with Crippen LogP contribution in [0.25, 0.3) is 12.2 Å². The highest BCUT2D eigenvalue weighted by Crippen LogP contribution is 2.31. The van der Waals surface area contributed by atoms with E-state index >= 15 is 0 Å². The molecule has 3 nitrogen and oxygen atoms in total. The topological polar surface area (TPSA) is 42.3 Å². The van der Waals surface area contributed by atoms with Gasteiger partial charge in [0, 0.05) is 0 Å². The first-order chi connectivity index (χ1) is 9.71. The van der Waals surface area contributed by atoms with Gasteiger partial charge in [0.1, 0.15) is 11.5 Å². The van der Waals surface area contributed by atoms with Gasteiger partial charge in [0.25, 0.3) is 8.17 Å². The first-order valence-electron chi connectivity index (χ1n) is 6.10. The largest absolute Gasteiger partial charge is 0.432 e. The third-order valence-corrected chi connectivity index (χ3v) is 3.49. The third kappa shape index (κ3) is 3.87. The normalized spacial score (nSPS) is 10.1. The lowest BCUT2D eigenvalue weighted by Gasteiger charge is -2.10. The summed E-state index contributed by atoms with van der Waals surface area (Å²) in [7, 11) is -2.13. The Morgan fingerprint density at radius 2 is 1.10 bits per heavy atom. The van der Waals surface area contributed by atoms with Crippen molar-refractivity contribution in [3.05, 3.63) is 72.8 Å². The zero-order valence-corrected chi connectivity index (χ0v) is 12.0. The van der Waals surface area contributed by atoms with E-state index in [1.165, 1.54) is 0 Å². The van der Waals surface area contributed by atoms with Crippen molar-refractivity contribution in [3.63, 3.8) is 0 Å². The summed E-state index contributed by atoms with van der Waals surface area (Å²) in [6, 6.07) is 14.8. The van der Waals surface area contributed by atoms with Gasteiger partial charge < -0.3 is 9.05 Å². The Morgan fingerprint density at radius 3 is 1.40 bits per heavy atom. The van der Waals surface area contributed by atoms with Crippen LogP contribution < -0.4 is 9.05 Å². The zero-order valence-electron chi connectivity index (χ0n) is 11.0. The molecule has 0 aliphatic heterocycles. The highest BCUT2D eigenvalue weighted by molar-refractivity contribution is 7.35. The minimum atomic E-state index is -2.13. The van der Waals surface area contributed by atoms with Gasteiger partial charge in [-0.05, 0) is 35.4 Å². The van der Waals surface area contributed by atoms with Gasteiger partial charge in [0.15, 0.2) is 0 Å². The Bertz CT molecular complexity index is 562. The van der Waals surface area contributed by atoms with E-state index < -0.39 is 8.17 Å². The summed E-state index contributed by atoms with van der Waals surface area (Å²) in [5.74, 6) is 1.25. The van der Waals surface area contributed by atoms with Crippen LogP contribution in [0.3, 0.4) is 0 Å². The van der Waals surface area contributed by atoms with Gasteiger partial charge >= 0.3 is 0 Å². The summed E-state index contributed by atoms with van der Waals surface area (Å²) in [5, 5.41) is 7.86. The molecule has 0 bridgehead atoms. The Kier molecular flexibility index (Phi) is 4.80. The van der Waals surface area contributed by atoms with Crippen molar-refractivity contribution < 1.29 is 9.05 Å². The van der Waals surface area contributed by atoms with Crippen molar-refractivity contribution in [2.24, 2.45) is 0 Å². The lowest BCUT2D eigenvalue weighted by Crippen LogP contribution is -1.88. The zero-order chi connectivity index (χ0) is 14.4. The molecule has 102 valence electrons. The summed E-state index contributed by atoms with van der Waals surface area (Å²) in [6.45, 7) is 7.38. The summed E-state index contributed by atoms with van der Waals surface area (Å²) in [6.07, 6.45) is 3.52. The molecule has 0 aliphatic rings. The van der Waals surface area contributed by atoms with Gasteiger partial charge in [0.05, 0.1) is 0 Å². The molecule has 0 amide bonds. The molecule has 4 heteroatoms. The van der Waals surface area contributed by atoms with Gasteiger partial charge in [-0.15, -0.1) is 0 Å². The molecule has 0 radical (unpaired) electrons. The van der Waals surface area contributed by atoms with E-state index in [1.807, 2.05) is 24.3 Å². The predicted octanol–water partition coefficient (Wildman–Crippen LogP) is 5.24. The maximum Gasteiger partial charge on any atom is 0.299 e. The summed E-state index contributed by atoms with van der Waals surface area (Å²) in [5.41, 5.74) is 2.02. The van der Waals surface area contributed by atoms with Crippen molar-refractivity contribution in [2.75, 3.05) is 0 Å². The second-order valence-electron chi connectivity index (χ2n) is 4.04. The number of rotatable bonds is 6. The first kappa shape index (κ1) is 14.2. The molecule has 0 fully saturated rings. The monoisotopic (exact) mass is 285 g/mol. The van der Waals surface area contributed by atoms with Crippen LogP contribution in [0, 0.1) is 5.16 Å². The summed E-state index contributed by atoms with van der Waals surface area (Å²) < 4.78 is 10.9. The van der Waals surface area contributed by atoms with Gasteiger partial charge in [-0.3, -0.25) is 5.16 Å². The average Bonchev–Trinajstić information content (AvgIpc) is 2.49. The van der Waals surface area contributed by atoms with Crippen molar-refractivity contribution in [2.45, 2.75) is 0 Å². The fraction of sp³-hybridized carbons (Fsp3) is 0. The molecule has 0 heterocycles. The lowest BCUT2D eigenvalue weighted by molar-refractivity contribution is 0.499. The highest BCUT2D eigenvalue weighted by atomic mass is 31.1. The van der Waals surface area contributed by atoms with E-state index in [0.29, 0.717) is 11.5 Å². The molecule has 1 N–H and O–H groups in total. The molecule has 0 saturated carbocycles. The maximum atomic E-state index is 7.86. The third-order valence-electron chi connectivity index (χ3n) is 2.65. The van der Waals surface area contributed by atoms with E-state index in [1.54, 1.807) is 36.4 Å². The summed E-state index contributed by atoms with van der Waals surface area (Å²) >= 11 is 0. The van der Waals surface area contributed by atoms with Crippen molar-refractivity contribution >= 4 is 20.3 Å². The molecular formula is C16H16NO2P. The number of hydrogen-bond donors (Lipinski definition) is 1. The molecule has 0 aliphatic carbocycles. The van der Waals surface area contributed by atoms with Crippen molar-refractivity contribution in [3.8, 4) is 11.5 Å². The van der Waals surface area contributed by atoms with Crippen molar-refractivity contribution in [1.29, 1.82) is 5.16 Å². The Balaban J connectivity index is 1.96. The molecule has 2 aromatic carbocycles. The van der Waals surface area contributed by atoms with E-state index in [2.05, 4.69) is 13.2 Å². The summed E-state index contributed by atoms with van der Waals surface area (Å²) in [4.78, 5) is 0. The second-order valence-corrected chi connectivity index (χ2v) is 5.02. The van der Waals surface area contributed by atoms with E-state index in [-0.39, 0.29) is 0 Å². The highest BCUT2D eigenvalue weighted by Gasteiger charge is 2.01. The molecule has 0 aromatic heterocycles. The molecule has 0 atom stereocenters. The van der Waals surface area contributed by atoms with Crippen LogP contribution in [-0.4, -0.2) is 0 Å². The van der Waals surface area contributed by atoms with Crippen LogP contribution in [0.4, 0.5) is 0 Å². The minimum Gasteiger partial charge on any atom is -0.432 e. The molecule has 2 rings (SSSR count). The van der Waals surface area contributed by atoms with Crippen molar-refractivity contribution in [1.82, 2.24) is 0 Å². The molecule has 0 unspecified atom stereocenters. The predicted molar refractivity (Wildman–Crippen MR) is 85.4 cm³/mol. The Hall–Kier alpha value is -2.25. The molecule has 0 spiro atoms. The molecule has 0 saturated heterocycles. The number of hydrogen-bond acceptors (Lipinski definition) is 3. The Morgan fingerprint density at radius 1 is 0.750 bits per heavy atom. The standard InChI is InChI=1S/C16H16NO2P/c1-3-13-5-9-15(10-6-13)18-20(17)19-16-11-7-14(4-2)8-12-16/h3-12,17,20H,1-2H2. The molecular weight excluding hydrogens is 269 g/mol. The Labute approximate surface area is 119 Å². The fourth-order valence-electron chi connectivity index (χ4n) is 1.58. The van der Waals surface area contributed by atoms with Gasteiger partial charge in [-0.2, -0.15) is 0 Å². The van der Waals surface area contributed by atoms with Gasteiger partial charge in [-0.25, -0.2) is 0 Å². The first-order valence-corrected chi connectivity index (χ1v) is 7.42. The van der Waals surface area contributed by atoms with Crippen LogP contribution in [-0.2, 0) is 0 Å². The fourth-order valence-corrected chi connectivity index (χ4v) is 2.32. The van der Waals surface area contributed by atoms with E-state index in [0.717, 1.165) is 11.1 Å². The average molecular weight is 285 g/mol. The smallest absolute Gasteiger partial charge is 0.299 e. The maximum absolute atomic E-state index is 7.86. The van der Waals surface area contributed by atoms with Crippen LogP contribution in [0.1, 0.15) is 11.1 Å². The van der Waals surface area contributed by atoms with Crippen LogP contribution in [0.2, 0.25) is 0 Å². The number of nitrogens with one attached hydrogen (secondary N) is 1. The van der Waals surface area contributed by atoms with Crippen LogP contribution in [0.15, 0.2) is 61.7 Å². The van der Waals surface area contributed by atoms with Gasteiger partial charge in [0.2, 0.25) is 0 Å². The number of benzene rings is 2. The SMILES string of the molecule is C=Cc1ccc(O[PH](=N)Oc2ccc(C=C)cc2)cc1. The van der Waals surface area contributed by atoms with Crippen LogP contribution >= 0.6 is 8.17 Å².